The molecule has 0 spiro atoms. The zero-order chi connectivity index (χ0) is 10.8. The molecule has 0 bridgehead atoms. The zero-order valence-electron chi connectivity index (χ0n) is 9.29. The first-order valence-electron chi connectivity index (χ1n) is 5.52. The van der Waals surface area contributed by atoms with Gasteiger partial charge in [0.15, 0.2) is 0 Å². The lowest BCUT2D eigenvalue weighted by Gasteiger charge is -2.16. The van der Waals surface area contributed by atoms with Gasteiger partial charge in [-0.1, -0.05) is 12.6 Å². The van der Waals surface area contributed by atoms with Gasteiger partial charge in [-0.05, 0) is 42.2 Å². The van der Waals surface area contributed by atoms with Gasteiger partial charge < -0.3 is 10.6 Å². The second-order valence-corrected chi connectivity index (χ2v) is 3.98. The SMILES string of the molecule is C=C(CN)c1ccc2c(c1)CCN2CC. The van der Waals surface area contributed by atoms with E-state index in [1.54, 1.807) is 0 Å². The van der Waals surface area contributed by atoms with E-state index < -0.39 is 0 Å². The lowest BCUT2D eigenvalue weighted by Crippen LogP contribution is -2.19. The summed E-state index contributed by atoms with van der Waals surface area (Å²) in [6, 6.07) is 6.56. The van der Waals surface area contributed by atoms with Crippen LogP contribution in [0.3, 0.4) is 0 Å². The molecule has 0 atom stereocenters. The summed E-state index contributed by atoms with van der Waals surface area (Å²) < 4.78 is 0. The van der Waals surface area contributed by atoms with Crippen LogP contribution < -0.4 is 10.6 Å². The maximum absolute atomic E-state index is 5.59. The molecule has 2 heteroatoms. The van der Waals surface area contributed by atoms with Gasteiger partial charge in [0.05, 0.1) is 0 Å². The third-order valence-electron chi connectivity index (χ3n) is 3.11. The lowest BCUT2D eigenvalue weighted by atomic mass is 10.0. The van der Waals surface area contributed by atoms with E-state index in [4.69, 9.17) is 5.73 Å². The predicted octanol–water partition coefficient (Wildman–Crippen LogP) is 2.04. The number of nitrogens with zero attached hydrogens (tertiary/aromatic N) is 1. The Balaban J connectivity index is 2.33. The van der Waals surface area contributed by atoms with Crippen LogP contribution in [-0.4, -0.2) is 19.6 Å². The van der Waals surface area contributed by atoms with Crippen LogP contribution in [-0.2, 0) is 6.42 Å². The molecule has 1 heterocycles. The number of likely N-dealkylation sites (N-methyl/N-ethyl adjacent to an activating group) is 1. The minimum absolute atomic E-state index is 0.538. The second kappa shape index (κ2) is 4.07. The van der Waals surface area contributed by atoms with Crippen LogP contribution in [0.2, 0.25) is 0 Å². The van der Waals surface area contributed by atoms with Crippen LogP contribution in [0.4, 0.5) is 5.69 Å². The molecule has 80 valence electrons. The molecule has 0 aliphatic carbocycles. The minimum atomic E-state index is 0.538. The monoisotopic (exact) mass is 202 g/mol. The molecule has 0 saturated carbocycles. The molecular formula is C13H18N2. The predicted molar refractivity (Wildman–Crippen MR) is 66.1 cm³/mol. The fourth-order valence-electron chi connectivity index (χ4n) is 2.14. The molecule has 0 fully saturated rings. The Labute approximate surface area is 91.4 Å². The highest BCUT2D eigenvalue weighted by Crippen LogP contribution is 2.29. The number of hydrogen-bond acceptors (Lipinski definition) is 2. The maximum atomic E-state index is 5.59. The van der Waals surface area contributed by atoms with Gasteiger partial charge in [-0.3, -0.25) is 0 Å². The van der Waals surface area contributed by atoms with Crippen molar-refractivity contribution in [3.63, 3.8) is 0 Å². The smallest absolute Gasteiger partial charge is 0.0399 e. The molecule has 1 aromatic rings. The number of hydrogen-bond donors (Lipinski definition) is 1. The summed E-state index contributed by atoms with van der Waals surface area (Å²) in [5, 5.41) is 0. The summed E-state index contributed by atoms with van der Waals surface area (Å²) >= 11 is 0. The van der Waals surface area contributed by atoms with E-state index in [-0.39, 0.29) is 0 Å². The third kappa shape index (κ3) is 1.77. The van der Waals surface area contributed by atoms with E-state index >= 15 is 0 Å². The number of rotatable bonds is 3. The first kappa shape index (κ1) is 10.2. The Morgan fingerprint density at radius 1 is 1.53 bits per heavy atom. The highest BCUT2D eigenvalue weighted by molar-refractivity contribution is 5.70. The number of anilines is 1. The summed E-state index contributed by atoms with van der Waals surface area (Å²) in [5.41, 5.74) is 10.6. The molecule has 0 radical (unpaired) electrons. The van der Waals surface area contributed by atoms with Gasteiger partial charge in [0.25, 0.3) is 0 Å². The van der Waals surface area contributed by atoms with Crippen molar-refractivity contribution < 1.29 is 0 Å². The fraction of sp³-hybridized carbons (Fsp3) is 0.385. The quantitative estimate of drug-likeness (QED) is 0.812. The first-order chi connectivity index (χ1) is 7.26. The van der Waals surface area contributed by atoms with Crippen LogP contribution in [0.15, 0.2) is 24.8 Å². The van der Waals surface area contributed by atoms with Crippen molar-refractivity contribution in [2.75, 3.05) is 24.5 Å². The highest BCUT2D eigenvalue weighted by atomic mass is 15.1. The Morgan fingerprint density at radius 3 is 3.00 bits per heavy atom. The van der Waals surface area contributed by atoms with Crippen molar-refractivity contribution in [2.45, 2.75) is 13.3 Å². The van der Waals surface area contributed by atoms with Gasteiger partial charge in [0, 0.05) is 25.3 Å². The van der Waals surface area contributed by atoms with Gasteiger partial charge >= 0.3 is 0 Å². The van der Waals surface area contributed by atoms with Crippen LogP contribution in [0.5, 0.6) is 0 Å². The molecule has 1 aliphatic heterocycles. The van der Waals surface area contributed by atoms with Crippen molar-refractivity contribution in [3.05, 3.63) is 35.9 Å². The molecule has 0 aromatic heterocycles. The molecule has 2 nitrogen and oxygen atoms in total. The number of benzene rings is 1. The Kier molecular flexibility index (Phi) is 2.78. The van der Waals surface area contributed by atoms with Gasteiger partial charge in [0.2, 0.25) is 0 Å². The van der Waals surface area contributed by atoms with Crippen molar-refractivity contribution >= 4 is 11.3 Å². The summed E-state index contributed by atoms with van der Waals surface area (Å²) in [4.78, 5) is 2.41. The zero-order valence-corrected chi connectivity index (χ0v) is 9.29. The molecular weight excluding hydrogens is 184 g/mol. The average Bonchev–Trinajstić information content (AvgIpc) is 2.69. The fourth-order valence-corrected chi connectivity index (χ4v) is 2.14. The molecule has 15 heavy (non-hydrogen) atoms. The molecule has 0 saturated heterocycles. The summed E-state index contributed by atoms with van der Waals surface area (Å²) in [6.07, 6.45) is 1.15. The van der Waals surface area contributed by atoms with E-state index in [1.807, 2.05) is 0 Å². The van der Waals surface area contributed by atoms with E-state index in [1.165, 1.54) is 16.8 Å². The van der Waals surface area contributed by atoms with E-state index in [0.717, 1.165) is 25.1 Å². The van der Waals surface area contributed by atoms with Gasteiger partial charge in [0.1, 0.15) is 0 Å². The van der Waals surface area contributed by atoms with Crippen LogP contribution in [0.1, 0.15) is 18.1 Å². The largest absolute Gasteiger partial charge is 0.371 e. The molecule has 1 aliphatic rings. The Hall–Kier alpha value is -1.28. The van der Waals surface area contributed by atoms with Crippen molar-refractivity contribution in [2.24, 2.45) is 5.73 Å². The normalized spacial score (nSPS) is 14.1. The minimum Gasteiger partial charge on any atom is -0.371 e. The van der Waals surface area contributed by atoms with Crippen LogP contribution >= 0.6 is 0 Å². The van der Waals surface area contributed by atoms with Gasteiger partial charge in [-0.15, -0.1) is 0 Å². The van der Waals surface area contributed by atoms with Gasteiger partial charge in [-0.2, -0.15) is 0 Å². The van der Waals surface area contributed by atoms with E-state index in [2.05, 4.69) is 36.6 Å². The molecule has 0 unspecified atom stereocenters. The highest BCUT2D eigenvalue weighted by Gasteiger charge is 2.17. The van der Waals surface area contributed by atoms with Gasteiger partial charge in [-0.25, -0.2) is 0 Å². The maximum Gasteiger partial charge on any atom is 0.0399 e. The lowest BCUT2D eigenvalue weighted by molar-refractivity contribution is 0.868. The van der Waals surface area contributed by atoms with E-state index in [0.29, 0.717) is 6.54 Å². The summed E-state index contributed by atoms with van der Waals surface area (Å²) in [6.45, 7) is 8.93. The van der Waals surface area contributed by atoms with Crippen LogP contribution in [0.25, 0.3) is 5.57 Å². The third-order valence-corrected chi connectivity index (χ3v) is 3.11. The Morgan fingerprint density at radius 2 is 2.33 bits per heavy atom. The molecule has 0 amide bonds. The van der Waals surface area contributed by atoms with Crippen molar-refractivity contribution in [1.82, 2.24) is 0 Å². The molecule has 2 N–H and O–H groups in total. The molecule has 1 aromatic carbocycles. The first-order valence-corrected chi connectivity index (χ1v) is 5.52. The van der Waals surface area contributed by atoms with Crippen LogP contribution in [0, 0.1) is 0 Å². The number of fused-ring (bicyclic) bond motifs is 1. The Bertz CT molecular complexity index is 382. The summed E-state index contributed by atoms with van der Waals surface area (Å²) in [5.74, 6) is 0. The molecule has 2 rings (SSSR count). The topological polar surface area (TPSA) is 29.3 Å². The standard InChI is InChI=1S/C13H18N2/c1-3-15-7-6-12-8-11(10(2)9-14)4-5-13(12)15/h4-5,8H,2-3,6-7,9,14H2,1H3. The summed E-state index contributed by atoms with van der Waals surface area (Å²) in [7, 11) is 0. The number of nitrogens with two attached hydrogens (primary N) is 1. The second-order valence-electron chi connectivity index (χ2n) is 3.98. The average molecular weight is 202 g/mol. The van der Waals surface area contributed by atoms with E-state index in [9.17, 15) is 0 Å². The van der Waals surface area contributed by atoms with Crippen molar-refractivity contribution in [3.8, 4) is 0 Å². The van der Waals surface area contributed by atoms with Crippen molar-refractivity contribution in [1.29, 1.82) is 0 Å².